The van der Waals surface area contributed by atoms with E-state index in [-0.39, 0.29) is 24.2 Å². The average molecular weight is 467 g/mol. The average Bonchev–Trinajstić information content (AvgIpc) is 2.75. The Morgan fingerprint density at radius 3 is 2.30 bits per heavy atom. The van der Waals surface area contributed by atoms with E-state index in [1.165, 1.54) is 55.1 Å². The maximum atomic E-state index is 13.3. The molecule has 33 heavy (non-hydrogen) atoms. The van der Waals surface area contributed by atoms with Crippen molar-refractivity contribution in [3.63, 3.8) is 0 Å². The number of likely N-dealkylation sites (N-methyl/N-ethyl adjacent to an activating group) is 2. The molecule has 1 rings (SSSR count). The molecule has 5 atom stereocenters. The number of hydrogen-bond donors (Lipinski definition) is 4. The fourth-order valence-electron chi connectivity index (χ4n) is 3.48. The summed E-state index contributed by atoms with van der Waals surface area (Å²) in [7, 11) is 3.07. The molecule has 0 spiro atoms. The van der Waals surface area contributed by atoms with Crippen molar-refractivity contribution < 1.29 is 29.4 Å². The number of nitrogens with one attached hydrogen (secondary N) is 2. The molecule has 1 saturated heterocycles. The number of rotatable bonds is 6. The highest BCUT2D eigenvalue weighted by molar-refractivity contribution is 5.96. The summed E-state index contributed by atoms with van der Waals surface area (Å²) in [5.74, 6) is -1.76. The minimum absolute atomic E-state index is 0.214. The van der Waals surface area contributed by atoms with Crippen LogP contribution in [0.3, 0.4) is 0 Å². The Morgan fingerprint density at radius 1 is 1.09 bits per heavy atom. The molecule has 10 heteroatoms. The van der Waals surface area contributed by atoms with Crippen LogP contribution >= 0.6 is 0 Å². The van der Waals surface area contributed by atoms with Crippen LogP contribution in [0.1, 0.15) is 40.5 Å². The first-order valence-corrected chi connectivity index (χ1v) is 11.2. The summed E-state index contributed by atoms with van der Waals surface area (Å²) in [5, 5.41) is 24.2. The molecule has 0 radical (unpaired) electrons. The summed E-state index contributed by atoms with van der Waals surface area (Å²) in [6.45, 7) is 7.02. The smallest absolute Gasteiger partial charge is 0.246 e. The number of amides is 4. The van der Waals surface area contributed by atoms with Crippen LogP contribution in [0.4, 0.5) is 0 Å². The van der Waals surface area contributed by atoms with Gasteiger partial charge in [0.05, 0.1) is 12.2 Å². The number of allylic oxidation sites excluding steroid dienone is 2. The zero-order chi connectivity index (χ0) is 25.3. The molecular formula is C23H38N4O6. The van der Waals surface area contributed by atoms with Gasteiger partial charge in [0.25, 0.3) is 0 Å². The van der Waals surface area contributed by atoms with Gasteiger partial charge in [-0.15, -0.1) is 0 Å². The molecule has 0 bridgehead atoms. The fourth-order valence-corrected chi connectivity index (χ4v) is 3.48. The number of aliphatic hydroxyl groups excluding tert-OH is 2. The number of aliphatic hydroxyl groups is 2. The maximum Gasteiger partial charge on any atom is 0.246 e. The van der Waals surface area contributed by atoms with Crippen molar-refractivity contribution in [3.8, 4) is 0 Å². The zero-order valence-corrected chi connectivity index (χ0v) is 20.3. The van der Waals surface area contributed by atoms with Crippen molar-refractivity contribution in [2.24, 2.45) is 5.92 Å². The van der Waals surface area contributed by atoms with Gasteiger partial charge in [0.15, 0.2) is 0 Å². The van der Waals surface area contributed by atoms with E-state index in [0.29, 0.717) is 13.0 Å². The molecule has 0 aromatic carbocycles. The molecular weight excluding hydrogens is 428 g/mol. The lowest BCUT2D eigenvalue weighted by molar-refractivity contribution is -0.150. The first-order chi connectivity index (χ1) is 15.4. The van der Waals surface area contributed by atoms with Crippen molar-refractivity contribution in [3.05, 3.63) is 24.3 Å². The van der Waals surface area contributed by atoms with Crippen molar-refractivity contribution >= 4 is 23.6 Å². The predicted molar refractivity (Wildman–Crippen MR) is 124 cm³/mol. The zero-order valence-electron chi connectivity index (χ0n) is 20.3. The first-order valence-electron chi connectivity index (χ1n) is 11.2. The van der Waals surface area contributed by atoms with E-state index >= 15 is 0 Å². The summed E-state index contributed by atoms with van der Waals surface area (Å²) in [6.07, 6.45) is 4.10. The Balaban J connectivity index is 3.06. The highest BCUT2D eigenvalue weighted by atomic mass is 16.3. The second kappa shape index (κ2) is 13.1. The van der Waals surface area contributed by atoms with Crippen LogP contribution in [0.25, 0.3) is 0 Å². The number of hydrogen-bond acceptors (Lipinski definition) is 6. The van der Waals surface area contributed by atoms with Gasteiger partial charge in [-0.3, -0.25) is 19.2 Å². The molecule has 0 aromatic heterocycles. The van der Waals surface area contributed by atoms with Gasteiger partial charge in [-0.25, -0.2) is 0 Å². The summed E-state index contributed by atoms with van der Waals surface area (Å²) >= 11 is 0. The SMILES string of the molecule is CC(O)C(O)/C=C/C=C/C(=O)N[C@H]1CCCNC(=O)[C@H](C)N(C)C(=O)[C@H](C(C)C)N(C)C1=O. The predicted octanol–water partition coefficient (Wildman–Crippen LogP) is -0.435. The van der Waals surface area contributed by atoms with Crippen LogP contribution in [-0.2, 0) is 19.2 Å². The summed E-state index contributed by atoms with van der Waals surface area (Å²) in [5.41, 5.74) is 0. The van der Waals surface area contributed by atoms with E-state index < -0.39 is 42.1 Å². The second-order valence-corrected chi connectivity index (χ2v) is 8.73. The Kier molecular flexibility index (Phi) is 11.2. The Hall–Kier alpha value is -2.72. The molecule has 4 amide bonds. The molecule has 0 aliphatic carbocycles. The van der Waals surface area contributed by atoms with E-state index in [2.05, 4.69) is 10.6 Å². The van der Waals surface area contributed by atoms with Gasteiger partial charge in [-0.2, -0.15) is 0 Å². The van der Waals surface area contributed by atoms with Crippen LogP contribution < -0.4 is 10.6 Å². The van der Waals surface area contributed by atoms with Crippen LogP contribution in [0.15, 0.2) is 24.3 Å². The third-order valence-electron chi connectivity index (χ3n) is 5.70. The van der Waals surface area contributed by atoms with E-state index in [4.69, 9.17) is 0 Å². The minimum Gasteiger partial charge on any atom is -0.390 e. The van der Waals surface area contributed by atoms with Crippen molar-refractivity contribution in [1.82, 2.24) is 20.4 Å². The van der Waals surface area contributed by atoms with Crippen molar-refractivity contribution in [2.75, 3.05) is 20.6 Å². The van der Waals surface area contributed by atoms with Gasteiger partial charge in [-0.05, 0) is 32.6 Å². The van der Waals surface area contributed by atoms with Gasteiger partial charge in [0, 0.05) is 26.7 Å². The van der Waals surface area contributed by atoms with Crippen molar-refractivity contribution in [1.29, 1.82) is 0 Å². The molecule has 0 saturated carbocycles. The van der Waals surface area contributed by atoms with Gasteiger partial charge in [0.2, 0.25) is 23.6 Å². The summed E-state index contributed by atoms with van der Waals surface area (Å²) in [6, 6.07) is -2.35. The standard InChI is InChI=1S/C23H38N4O6/c1-14(2)20-23(33)26(5)15(3)21(31)24-13-9-10-17(22(32)27(20)6)25-19(30)12-8-7-11-18(29)16(4)28/h7-8,11-12,14-18,20,28-29H,9-10,13H2,1-6H3,(H,24,31)(H,25,30)/b11-7+,12-8+/t15-,16?,17-,18?,20-/m0/s1. The largest absolute Gasteiger partial charge is 0.390 e. The van der Waals surface area contributed by atoms with Crippen LogP contribution in [0.2, 0.25) is 0 Å². The summed E-state index contributed by atoms with van der Waals surface area (Å²) in [4.78, 5) is 53.9. The molecule has 2 unspecified atom stereocenters. The number of nitrogens with zero attached hydrogens (tertiary/aromatic N) is 2. The maximum absolute atomic E-state index is 13.3. The van der Waals surface area contributed by atoms with Crippen LogP contribution in [0, 0.1) is 5.92 Å². The normalized spacial score (nSPS) is 25.7. The molecule has 186 valence electrons. The third-order valence-corrected chi connectivity index (χ3v) is 5.70. The van der Waals surface area contributed by atoms with Crippen LogP contribution in [-0.4, -0.2) is 94.6 Å². The minimum atomic E-state index is -1.05. The van der Waals surface area contributed by atoms with Gasteiger partial charge >= 0.3 is 0 Å². The van der Waals surface area contributed by atoms with E-state index in [1.54, 1.807) is 6.92 Å². The highest BCUT2D eigenvalue weighted by Crippen LogP contribution is 2.17. The van der Waals surface area contributed by atoms with Gasteiger partial charge in [0.1, 0.15) is 18.1 Å². The Morgan fingerprint density at radius 2 is 1.73 bits per heavy atom. The lowest BCUT2D eigenvalue weighted by Crippen LogP contribution is -2.59. The third kappa shape index (κ3) is 8.29. The lowest BCUT2D eigenvalue weighted by atomic mass is 9.98. The quantitative estimate of drug-likeness (QED) is 0.309. The first kappa shape index (κ1) is 28.3. The number of carbonyl (C=O) groups excluding carboxylic acids is 4. The summed E-state index contributed by atoms with van der Waals surface area (Å²) < 4.78 is 0. The lowest BCUT2D eigenvalue weighted by Gasteiger charge is -2.37. The molecule has 4 N–H and O–H groups in total. The molecule has 1 fully saturated rings. The monoisotopic (exact) mass is 466 g/mol. The molecule has 1 heterocycles. The molecule has 1 aliphatic heterocycles. The molecule has 10 nitrogen and oxygen atoms in total. The van der Waals surface area contributed by atoms with E-state index in [1.807, 2.05) is 13.8 Å². The molecule has 1 aliphatic rings. The van der Waals surface area contributed by atoms with E-state index in [0.717, 1.165) is 0 Å². The second-order valence-electron chi connectivity index (χ2n) is 8.73. The number of carbonyl (C=O) groups is 4. The van der Waals surface area contributed by atoms with Crippen molar-refractivity contribution in [2.45, 2.75) is 70.9 Å². The highest BCUT2D eigenvalue weighted by Gasteiger charge is 2.37. The topological polar surface area (TPSA) is 139 Å². The molecule has 0 aromatic rings. The van der Waals surface area contributed by atoms with Gasteiger partial charge < -0.3 is 30.6 Å². The van der Waals surface area contributed by atoms with Crippen LogP contribution in [0.5, 0.6) is 0 Å². The van der Waals surface area contributed by atoms with E-state index in [9.17, 15) is 29.4 Å². The Bertz CT molecular complexity index is 764. The van der Waals surface area contributed by atoms with Gasteiger partial charge in [-0.1, -0.05) is 32.1 Å². The Labute approximate surface area is 195 Å². The fraction of sp³-hybridized carbons (Fsp3) is 0.652.